The fourth-order valence-electron chi connectivity index (χ4n) is 4.14. The van der Waals surface area contributed by atoms with Gasteiger partial charge in [-0.25, -0.2) is 9.59 Å². The molecule has 2 aromatic rings. The van der Waals surface area contributed by atoms with E-state index in [0.717, 1.165) is 18.4 Å². The number of hydrogen-bond donors (Lipinski definition) is 0. The minimum Gasteiger partial charge on any atom is -0.497 e. The molecule has 1 fully saturated rings. The van der Waals surface area contributed by atoms with Crippen LogP contribution in [-0.2, 0) is 9.53 Å². The second-order valence-corrected chi connectivity index (χ2v) is 8.82. The zero-order valence-corrected chi connectivity index (χ0v) is 19.2. The van der Waals surface area contributed by atoms with Crippen molar-refractivity contribution in [3.8, 4) is 11.5 Å². The van der Waals surface area contributed by atoms with Gasteiger partial charge in [-0.1, -0.05) is 39.3 Å². The molecule has 3 atom stereocenters. The standard InChI is InChI=1S/C27H32O5/c1-18(2)24-15-5-19(3)17-25(24)32-26(28)16-8-20-6-11-23(12-7-20)31-27(29)21-9-13-22(30-4)14-10-21/h6-14,16,18-19,24-25H,5,15,17H2,1-4H3/b16-8+. The molecule has 0 aromatic heterocycles. The SMILES string of the molecule is COc1ccc(C(=O)Oc2ccc(/C=C/C(=O)OC3CC(C)CCC3C(C)C)cc2)cc1. The summed E-state index contributed by atoms with van der Waals surface area (Å²) in [7, 11) is 1.57. The molecule has 5 heteroatoms. The van der Waals surface area contributed by atoms with Crippen LogP contribution in [0, 0.1) is 17.8 Å². The lowest BCUT2D eigenvalue weighted by Crippen LogP contribution is -2.35. The molecule has 0 amide bonds. The molecule has 0 radical (unpaired) electrons. The van der Waals surface area contributed by atoms with Gasteiger partial charge in [-0.2, -0.15) is 0 Å². The van der Waals surface area contributed by atoms with Gasteiger partial charge in [-0.15, -0.1) is 0 Å². The van der Waals surface area contributed by atoms with Crippen LogP contribution in [0.5, 0.6) is 11.5 Å². The van der Waals surface area contributed by atoms with Crippen molar-refractivity contribution in [2.45, 2.75) is 46.1 Å². The fourth-order valence-corrected chi connectivity index (χ4v) is 4.14. The van der Waals surface area contributed by atoms with Crippen molar-refractivity contribution >= 4 is 18.0 Å². The summed E-state index contributed by atoms with van der Waals surface area (Å²) in [4.78, 5) is 24.6. The highest BCUT2D eigenvalue weighted by Gasteiger charge is 2.32. The predicted molar refractivity (Wildman–Crippen MR) is 125 cm³/mol. The molecule has 0 bridgehead atoms. The molecule has 170 valence electrons. The molecule has 3 rings (SSSR count). The van der Waals surface area contributed by atoms with Crippen molar-refractivity contribution in [2.24, 2.45) is 17.8 Å². The van der Waals surface area contributed by atoms with Gasteiger partial charge in [0.15, 0.2) is 0 Å². The van der Waals surface area contributed by atoms with Crippen LogP contribution in [0.4, 0.5) is 0 Å². The van der Waals surface area contributed by atoms with Crippen LogP contribution in [0.25, 0.3) is 6.08 Å². The Hall–Kier alpha value is -3.08. The maximum Gasteiger partial charge on any atom is 0.343 e. The van der Waals surface area contributed by atoms with Gasteiger partial charge in [-0.05, 0) is 78.6 Å². The Morgan fingerprint density at radius 1 is 0.969 bits per heavy atom. The molecule has 0 aliphatic heterocycles. The monoisotopic (exact) mass is 436 g/mol. The Bertz CT molecular complexity index is 928. The van der Waals surface area contributed by atoms with E-state index in [4.69, 9.17) is 14.2 Å². The van der Waals surface area contributed by atoms with Gasteiger partial charge in [0.2, 0.25) is 0 Å². The number of hydrogen-bond acceptors (Lipinski definition) is 5. The Labute approximate surface area is 190 Å². The summed E-state index contributed by atoms with van der Waals surface area (Å²) in [6, 6.07) is 13.7. The van der Waals surface area contributed by atoms with Crippen molar-refractivity contribution in [3.05, 3.63) is 65.7 Å². The van der Waals surface area contributed by atoms with E-state index >= 15 is 0 Å². The highest BCUT2D eigenvalue weighted by atomic mass is 16.5. The lowest BCUT2D eigenvalue weighted by atomic mass is 9.75. The molecule has 32 heavy (non-hydrogen) atoms. The largest absolute Gasteiger partial charge is 0.497 e. The molecule has 1 saturated carbocycles. The maximum absolute atomic E-state index is 12.4. The third kappa shape index (κ3) is 6.46. The van der Waals surface area contributed by atoms with Crippen LogP contribution >= 0.6 is 0 Å². The zero-order chi connectivity index (χ0) is 23.1. The lowest BCUT2D eigenvalue weighted by molar-refractivity contribution is -0.149. The van der Waals surface area contributed by atoms with Crippen LogP contribution < -0.4 is 9.47 Å². The summed E-state index contributed by atoms with van der Waals surface area (Å²) in [6.45, 7) is 6.61. The van der Waals surface area contributed by atoms with Gasteiger partial charge in [0, 0.05) is 6.08 Å². The van der Waals surface area contributed by atoms with E-state index < -0.39 is 5.97 Å². The summed E-state index contributed by atoms with van der Waals surface area (Å²) < 4.78 is 16.3. The van der Waals surface area contributed by atoms with Crippen LogP contribution in [0.2, 0.25) is 0 Å². The van der Waals surface area contributed by atoms with Gasteiger partial charge in [0.25, 0.3) is 0 Å². The van der Waals surface area contributed by atoms with E-state index in [1.165, 1.54) is 12.5 Å². The molecule has 0 spiro atoms. The molecule has 0 heterocycles. The van der Waals surface area contributed by atoms with E-state index in [2.05, 4.69) is 20.8 Å². The number of carbonyl (C=O) groups excluding carboxylic acids is 2. The van der Waals surface area contributed by atoms with E-state index in [0.29, 0.717) is 34.8 Å². The molecule has 2 aromatic carbocycles. The molecule has 5 nitrogen and oxygen atoms in total. The first-order valence-corrected chi connectivity index (χ1v) is 11.2. The Kier molecular flexibility index (Phi) is 8.09. The molecular weight excluding hydrogens is 404 g/mol. The summed E-state index contributed by atoms with van der Waals surface area (Å²) >= 11 is 0. The average molecular weight is 437 g/mol. The van der Waals surface area contributed by atoms with E-state index in [-0.39, 0.29) is 12.1 Å². The Morgan fingerprint density at radius 3 is 2.25 bits per heavy atom. The molecular formula is C27H32O5. The number of esters is 2. The van der Waals surface area contributed by atoms with Crippen molar-refractivity contribution in [1.29, 1.82) is 0 Å². The smallest absolute Gasteiger partial charge is 0.343 e. The molecule has 0 N–H and O–H groups in total. The summed E-state index contributed by atoms with van der Waals surface area (Å²) in [5.74, 6) is 1.85. The predicted octanol–water partition coefficient (Wildman–Crippen LogP) is 5.93. The zero-order valence-electron chi connectivity index (χ0n) is 19.2. The first-order valence-electron chi connectivity index (χ1n) is 11.2. The molecule has 3 unspecified atom stereocenters. The van der Waals surface area contributed by atoms with Gasteiger partial charge >= 0.3 is 11.9 Å². The molecule has 0 saturated heterocycles. The summed E-state index contributed by atoms with van der Waals surface area (Å²) in [6.07, 6.45) is 6.40. The third-order valence-corrected chi connectivity index (χ3v) is 6.06. The van der Waals surface area contributed by atoms with Crippen LogP contribution in [0.1, 0.15) is 56.0 Å². The average Bonchev–Trinajstić information content (AvgIpc) is 2.78. The summed E-state index contributed by atoms with van der Waals surface area (Å²) in [5, 5.41) is 0. The van der Waals surface area contributed by atoms with Crippen molar-refractivity contribution in [3.63, 3.8) is 0 Å². The normalized spacial score (nSPS) is 20.8. The summed E-state index contributed by atoms with van der Waals surface area (Å²) in [5.41, 5.74) is 1.26. The molecule has 1 aliphatic carbocycles. The highest BCUT2D eigenvalue weighted by Crippen LogP contribution is 2.35. The Balaban J connectivity index is 1.55. The fraction of sp³-hybridized carbons (Fsp3) is 0.407. The van der Waals surface area contributed by atoms with E-state index in [9.17, 15) is 9.59 Å². The van der Waals surface area contributed by atoms with Gasteiger partial charge < -0.3 is 14.2 Å². The van der Waals surface area contributed by atoms with Crippen molar-refractivity contribution in [2.75, 3.05) is 7.11 Å². The number of methoxy groups -OCH3 is 1. The van der Waals surface area contributed by atoms with E-state index in [1.54, 1.807) is 61.7 Å². The van der Waals surface area contributed by atoms with Crippen LogP contribution in [0.3, 0.4) is 0 Å². The van der Waals surface area contributed by atoms with Crippen LogP contribution in [0.15, 0.2) is 54.6 Å². The number of carbonyl (C=O) groups is 2. The second kappa shape index (κ2) is 11.0. The van der Waals surface area contributed by atoms with Crippen LogP contribution in [-0.4, -0.2) is 25.2 Å². The quantitative estimate of drug-likeness (QED) is 0.306. The first kappa shape index (κ1) is 23.6. The Morgan fingerprint density at radius 2 is 1.62 bits per heavy atom. The number of rotatable bonds is 7. The van der Waals surface area contributed by atoms with Crippen molar-refractivity contribution in [1.82, 2.24) is 0 Å². The minimum absolute atomic E-state index is 0.0179. The first-order chi connectivity index (χ1) is 15.4. The number of benzene rings is 2. The van der Waals surface area contributed by atoms with Gasteiger partial charge in [-0.3, -0.25) is 0 Å². The maximum atomic E-state index is 12.4. The van der Waals surface area contributed by atoms with E-state index in [1.807, 2.05) is 0 Å². The topological polar surface area (TPSA) is 61.8 Å². The minimum atomic E-state index is -0.444. The number of ether oxygens (including phenoxy) is 3. The molecule has 1 aliphatic rings. The van der Waals surface area contributed by atoms with Gasteiger partial charge in [0.1, 0.15) is 17.6 Å². The highest BCUT2D eigenvalue weighted by molar-refractivity contribution is 5.91. The van der Waals surface area contributed by atoms with Gasteiger partial charge in [0.05, 0.1) is 12.7 Å². The second-order valence-electron chi connectivity index (χ2n) is 8.82. The third-order valence-electron chi connectivity index (χ3n) is 6.06. The lowest BCUT2D eigenvalue weighted by Gasteiger charge is -2.36. The van der Waals surface area contributed by atoms with Crippen molar-refractivity contribution < 1.29 is 23.8 Å².